The molecule has 15 heavy (non-hydrogen) atoms. The van der Waals surface area contributed by atoms with Crippen LogP contribution in [-0.4, -0.2) is 7.11 Å². The third-order valence-electron chi connectivity index (χ3n) is 2.35. The maximum absolute atomic E-state index is 5.30. The topological polar surface area (TPSA) is 9.23 Å². The van der Waals surface area contributed by atoms with E-state index < -0.39 is 0 Å². The fourth-order valence-electron chi connectivity index (χ4n) is 1.59. The van der Waals surface area contributed by atoms with Gasteiger partial charge in [-0.1, -0.05) is 42.5 Å². The van der Waals surface area contributed by atoms with Crippen LogP contribution >= 0.6 is 0 Å². The Morgan fingerprint density at radius 1 is 1.07 bits per heavy atom. The minimum absolute atomic E-state index is 0.866. The Balaban J connectivity index is 2.24. The minimum Gasteiger partial charge on any atom is -0.496 e. The number of ether oxygens (including phenoxy) is 1. The molecule has 0 aliphatic heterocycles. The summed E-state index contributed by atoms with van der Waals surface area (Å²) in [5.41, 5.74) is 2.38. The molecular formula is C14H13O. The highest BCUT2D eigenvalue weighted by atomic mass is 16.5. The van der Waals surface area contributed by atoms with E-state index in [2.05, 4.69) is 18.2 Å². The van der Waals surface area contributed by atoms with Gasteiger partial charge in [-0.3, -0.25) is 0 Å². The average Bonchev–Trinajstić information content (AvgIpc) is 2.31. The van der Waals surface area contributed by atoms with Gasteiger partial charge < -0.3 is 4.74 Å². The Labute approximate surface area is 90.3 Å². The van der Waals surface area contributed by atoms with Crippen LogP contribution in [0.4, 0.5) is 0 Å². The van der Waals surface area contributed by atoms with Crippen molar-refractivity contribution in [3.8, 4) is 5.75 Å². The van der Waals surface area contributed by atoms with Crippen LogP contribution in [0.15, 0.2) is 48.5 Å². The first-order chi connectivity index (χ1) is 7.40. The van der Waals surface area contributed by atoms with Crippen LogP contribution in [0.25, 0.3) is 0 Å². The second-order valence-electron chi connectivity index (χ2n) is 3.38. The zero-order valence-corrected chi connectivity index (χ0v) is 8.73. The molecule has 0 amide bonds. The smallest absolute Gasteiger partial charge is 0.122 e. The minimum atomic E-state index is 0.866. The van der Waals surface area contributed by atoms with Crippen molar-refractivity contribution in [2.45, 2.75) is 6.42 Å². The summed E-state index contributed by atoms with van der Waals surface area (Å²) in [6, 6.07) is 19.3. The molecule has 0 N–H and O–H groups in total. The van der Waals surface area contributed by atoms with Gasteiger partial charge in [0, 0.05) is 6.42 Å². The summed E-state index contributed by atoms with van der Waals surface area (Å²) in [6.07, 6.45) is 0.866. The number of hydrogen-bond acceptors (Lipinski definition) is 1. The molecule has 0 bridgehead atoms. The number of para-hydroxylation sites is 1. The van der Waals surface area contributed by atoms with Gasteiger partial charge >= 0.3 is 0 Å². The molecule has 0 aliphatic carbocycles. The molecule has 0 saturated carbocycles. The van der Waals surface area contributed by atoms with Crippen molar-refractivity contribution in [1.82, 2.24) is 0 Å². The van der Waals surface area contributed by atoms with E-state index in [4.69, 9.17) is 4.74 Å². The lowest BCUT2D eigenvalue weighted by Crippen LogP contribution is -1.93. The maximum atomic E-state index is 5.30. The number of hydrogen-bond donors (Lipinski definition) is 0. The number of methoxy groups -OCH3 is 1. The molecule has 0 aliphatic rings. The van der Waals surface area contributed by atoms with Gasteiger partial charge in [-0.05, 0) is 23.3 Å². The first-order valence-corrected chi connectivity index (χ1v) is 4.97. The summed E-state index contributed by atoms with van der Waals surface area (Å²) >= 11 is 0. The van der Waals surface area contributed by atoms with Crippen molar-refractivity contribution >= 4 is 0 Å². The second kappa shape index (κ2) is 4.65. The second-order valence-corrected chi connectivity index (χ2v) is 3.38. The van der Waals surface area contributed by atoms with Crippen LogP contribution in [0.3, 0.4) is 0 Å². The zero-order chi connectivity index (χ0) is 10.5. The summed E-state index contributed by atoms with van der Waals surface area (Å²) < 4.78 is 5.30. The fraction of sp³-hybridized carbons (Fsp3) is 0.143. The monoisotopic (exact) mass is 197 g/mol. The van der Waals surface area contributed by atoms with E-state index in [0.717, 1.165) is 12.2 Å². The highest BCUT2D eigenvalue weighted by molar-refractivity contribution is 5.37. The molecule has 0 saturated heterocycles. The van der Waals surface area contributed by atoms with Gasteiger partial charge in [0.05, 0.1) is 7.11 Å². The lowest BCUT2D eigenvalue weighted by molar-refractivity contribution is 0.410. The van der Waals surface area contributed by atoms with Crippen LogP contribution in [0.5, 0.6) is 5.75 Å². The maximum Gasteiger partial charge on any atom is 0.122 e. The molecule has 0 fully saturated rings. The van der Waals surface area contributed by atoms with Crippen molar-refractivity contribution in [3.63, 3.8) is 0 Å². The van der Waals surface area contributed by atoms with Crippen LogP contribution < -0.4 is 4.74 Å². The zero-order valence-electron chi connectivity index (χ0n) is 8.73. The standard InChI is InChI=1S/C14H13O/c1-15-14-10-6-5-9-13(14)11-12-7-3-2-4-8-12/h2-7,9-10H,11H2,1H3. The Morgan fingerprint density at radius 2 is 1.87 bits per heavy atom. The van der Waals surface area contributed by atoms with Crippen molar-refractivity contribution in [3.05, 3.63) is 65.7 Å². The molecule has 0 spiro atoms. The predicted molar refractivity (Wildman–Crippen MR) is 61.1 cm³/mol. The van der Waals surface area contributed by atoms with Crippen molar-refractivity contribution in [1.29, 1.82) is 0 Å². The van der Waals surface area contributed by atoms with Gasteiger partial charge in [0.15, 0.2) is 0 Å². The first kappa shape index (κ1) is 9.78. The van der Waals surface area contributed by atoms with Crippen molar-refractivity contribution < 1.29 is 4.74 Å². The quantitative estimate of drug-likeness (QED) is 0.734. The van der Waals surface area contributed by atoms with Crippen LogP contribution in [-0.2, 0) is 6.42 Å². The third kappa shape index (κ3) is 2.38. The Kier molecular flexibility index (Phi) is 3.03. The lowest BCUT2D eigenvalue weighted by atomic mass is 10.0. The van der Waals surface area contributed by atoms with Crippen molar-refractivity contribution in [2.75, 3.05) is 7.11 Å². The van der Waals surface area contributed by atoms with Crippen LogP contribution in [0.2, 0.25) is 0 Å². The van der Waals surface area contributed by atoms with Crippen molar-refractivity contribution in [2.24, 2.45) is 0 Å². The largest absolute Gasteiger partial charge is 0.496 e. The third-order valence-corrected chi connectivity index (χ3v) is 2.35. The fourth-order valence-corrected chi connectivity index (χ4v) is 1.59. The van der Waals surface area contributed by atoms with Gasteiger partial charge in [0.1, 0.15) is 5.75 Å². The Hall–Kier alpha value is -1.76. The first-order valence-electron chi connectivity index (χ1n) is 4.97. The van der Waals surface area contributed by atoms with Gasteiger partial charge in [0.2, 0.25) is 0 Å². The highest BCUT2D eigenvalue weighted by Crippen LogP contribution is 2.20. The normalized spacial score (nSPS) is 9.93. The highest BCUT2D eigenvalue weighted by Gasteiger charge is 2.01. The summed E-state index contributed by atoms with van der Waals surface area (Å²) in [4.78, 5) is 0. The van der Waals surface area contributed by atoms with Gasteiger partial charge in [-0.15, -0.1) is 0 Å². The molecule has 75 valence electrons. The molecule has 0 atom stereocenters. The molecule has 1 nitrogen and oxygen atoms in total. The summed E-state index contributed by atoms with van der Waals surface area (Å²) in [5.74, 6) is 0.940. The van der Waals surface area contributed by atoms with Crippen LogP contribution in [0.1, 0.15) is 11.1 Å². The van der Waals surface area contributed by atoms with Gasteiger partial charge in [-0.2, -0.15) is 0 Å². The molecule has 2 aromatic rings. The molecule has 0 aromatic heterocycles. The summed E-state index contributed by atoms with van der Waals surface area (Å²) in [6.45, 7) is 0. The molecule has 0 unspecified atom stereocenters. The van der Waals surface area contributed by atoms with E-state index in [1.54, 1.807) is 7.11 Å². The van der Waals surface area contributed by atoms with Gasteiger partial charge in [-0.25, -0.2) is 0 Å². The number of benzene rings is 2. The van der Waals surface area contributed by atoms with Crippen LogP contribution in [0, 0.1) is 6.07 Å². The average molecular weight is 197 g/mol. The van der Waals surface area contributed by atoms with E-state index in [-0.39, 0.29) is 0 Å². The molecule has 2 rings (SSSR count). The summed E-state index contributed by atoms with van der Waals surface area (Å²) in [5, 5.41) is 0. The Bertz CT molecular complexity index is 420. The Morgan fingerprint density at radius 3 is 2.60 bits per heavy atom. The van der Waals surface area contributed by atoms with Gasteiger partial charge in [0.25, 0.3) is 0 Å². The van der Waals surface area contributed by atoms with E-state index in [1.165, 1.54) is 11.1 Å². The van der Waals surface area contributed by atoms with E-state index >= 15 is 0 Å². The molecule has 2 aromatic carbocycles. The van der Waals surface area contributed by atoms with E-state index in [0.29, 0.717) is 0 Å². The molecule has 0 heterocycles. The summed E-state index contributed by atoms with van der Waals surface area (Å²) in [7, 11) is 1.70. The number of rotatable bonds is 3. The van der Waals surface area contributed by atoms with E-state index in [9.17, 15) is 0 Å². The predicted octanol–water partition coefficient (Wildman–Crippen LogP) is 3.09. The molecule has 1 radical (unpaired) electrons. The molecular weight excluding hydrogens is 184 g/mol. The lowest BCUT2D eigenvalue weighted by Gasteiger charge is -2.07. The van der Waals surface area contributed by atoms with E-state index in [1.807, 2.05) is 36.4 Å². The molecule has 1 heteroatoms. The SMILES string of the molecule is COc1ccccc1Cc1[c]cccc1.